The summed E-state index contributed by atoms with van der Waals surface area (Å²) >= 11 is 0. The Balaban J connectivity index is 2.47. The number of benzene rings is 1. The third-order valence-corrected chi connectivity index (χ3v) is 2.71. The second kappa shape index (κ2) is 6.94. The van der Waals surface area contributed by atoms with Crippen LogP contribution in [-0.4, -0.2) is 13.0 Å². The molecule has 0 radical (unpaired) electrons. The molecule has 0 aliphatic carbocycles. The van der Waals surface area contributed by atoms with Crippen LogP contribution in [0.3, 0.4) is 0 Å². The lowest BCUT2D eigenvalue weighted by atomic mass is 10.1. The molecule has 3 heteroatoms. The van der Waals surface area contributed by atoms with E-state index in [1.165, 1.54) is 0 Å². The molecule has 0 atom stereocenters. The average Bonchev–Trinajstić information content (AvgIpc) is 2.34. The molecule has 94 valence electrons. The van der Waals surface area contributed by atoms with Gasteiger partial charge in [0.25, 0.3) is 0 Å². The van der Waals surface area contributed by atoms with E-state index in [0.29, 0.717) is 13.0 Å². The second-order valence-corrected chi connectivity index (χ2v) is 4.18. The van der Waals surface area contributed by atoms with Gasteiger partial charge in [-0.2, -0.15) is 0 Å². The maximum atomic E-state index is 11.4. The molecule has 1 N–H and O–H groups in total. The van der Waals surface area contributed by atoms with E-state index in [1.807, 2.05) is 25.1 Å². The van der Waals surface area contributed by atoms with Crippen molar-refractivity contribution in [2.75, 3.05) is 7.11 Å². The zero-order valence-electron chi connectivity index (χ0n) is 10.9. The van der Waals surface area contributed by atoms with Crippen LogP contribution in [0.5, 0.6) is 5.75 Å². The van der Waals surface area contributed by atoms with Gasteiger partial charge in [-0.3, -0.25) is 4.79 Å². The molecule has 0 heterocycles. The Morgan fingerprint density at radius 3 is 2.76 bits per heavy atom. The van der Waals surface area contributed by atoms with Gasteiger partial charge in [-0.25, -0.2) is 0 Å². The third kappa shape index (κ3) is 4.47. The van der Waals surface area contributed by atoms with E-state index >= 15 is 0 Å². The Hall–Kier alpha value is -1.51. The van der Waals surface area contributed by atoms with Gasteiger partial charge in [-0.05, 0) is 30.5 Å². The number of ether oxygens (including phenoxy) is 1. The minimum Gasteiger partial charge on any atom is -0.496 e. The van der Waals surface area contributed by atoms with Gasteiger partial charge in [0.15, 0.2) is 0 Å². The predicted molar refractivity (Wildman–Crippen MR) is 69.1 cm³/mol. The number of nitrogens with one attached hydrogen (secondary N) is 1. The summed E-state index contributed by atoms with van der Waals surface area (Å²) in [7, 11) is 1.66. The maximum absolute atomic E-state index is 11.4. The zero-order valence-corrected chi connectivity index (χ0v) is 10.9. The van der Waals surface area contributed by atoms with E-state index in [-0.39, 0.29) is 5.91 Å². The van der Waals surface area contributed by atoms with Crippen molar-refractivity contribution in [1.82, 2.24) is 5.32 Å². The minimum absolute atomic E-state index is 0.125. The molecular weight excluding hydrogens is 214 g/mol. The lowest BCUT2D eigenvalue weighted by molar-refractivity contribution is -0.121. The molecule has 0 saturated carbocycles. The predicted octanol–water partition coefficient (Wildman–Crippen LogP) is 2.81. The van der Waals surface area contributed by atoms with Gasteiger partial charge in [0.2, 0.25) is 5.91 Å². The molecule has 1 rings (SSSR count). The fourth-order valence-corrected chi connectivity index (χ4v) is 1.68. The molecule has 0 aliphatic rings. The summed E-state index contributed by atoms with van der Waals surface area (Å²) in [5.74, 6) is 1.01. The standard InChI is InChI=1S/C14H21NO2/c1-4-5-6-14(16)15-10-12-7-8-13(17-3)11(2)9-12/h7-9H,4-6,10H2,1-3H3,(H,15,16). The maximum Gasteiger partial charge on any atom is 0.220 e. The summed E-state index contributed by atoms with van der Waals surface area (Å²) in [6, 6.07) is 5.95. The largest absolute Gasteiger partial charge is 0.496 e. The van der Waals surface area contributed by atoms with Crippen LogP contribution in [-0.2, 0) is 11.3 Å². The Morgan fingerprint density at radius 1 is 1.41 bits per heavy atom. The van der Waals surface area contributed by atoms with Crippen LogP contribution in [0.25, 0.3) is 0 Å². The first-order valence-corrected chi connectivity index (χ1v) is 6.07. The van der Waals surface area contributed by atoms with Crippen LogP contribution >= 0.6 is 0 Å². The summed E-state index contributed by atoms with van der Waals surface area (Å²) in [4.78, 5) is 11.4. The average molecular weight is 235 g/mol. The van der Waals surface area contributed by atoms with E-state index in [9.17, 15) is 4.79 Å². The van der Waals surface area contributed by atoms with Crippen molar-refractivity contribution < 1.29 is 9.53 Å². The Bertz CT molecular complexity index is 374. The first kappa shape index (κ1) is 13.6. The number of aryl methyl sites for hydroxylation is 1. The topological polar surface area (TPSA) is 38.3 Å². The van der Waals surface area contributed by atoms with Crippen LogP contribution in [0.4, 0.5) is 0 Å². The van der Waals surface area contributed by atoms with Gasteiger partial charge in [0.05, 0.1) is 7.11 Å². The highest BCUT2D eigenvalue weighted by molar-refractivity contribution is 5.75. The molecule has 0 aliphatic heterocycles. The van der Waals surface area contributed by atoms with Crippen molar-refractivity contribution in [3.8, 4) is 5.75 Å². The number of amides is 1. The van der Waals surface area contributed by atoms with Crippen molar-refractivity contribution in [3.63, 3.8) is 0 Å². The smallest absolute Gasteiger partial charge is 0.220 e. The highest BCUT2D eigenvalue weighted by Crippen LogP contribution is 2.18. The molecule has 0 spiro atoms. The first-order valence-electron chi connectivity index (χ1n) is 6.07. The monoisotopic (exact) mass is 235 g/mol. The number of carbonyl (C=O) groups is 1. The summed E-state index contributed by atoms with van der Waals surface area (Å²) in [6.07, 6.45) is 2.62. The number of rotatable bonds is 6. The molecule has 17 heavy (non-hydrogen) atoms. The van der Waals surface area contributed by atoms with E-state index in [4.69, 9.17) is 4.74 Å². The highest BCUT2D eigenvalue weighted by Gasteiger charge is 2.02. The number of unbranched alkanes of at least 4 members (excludes halogenated alkanes) is 1. The lowest BCUT2D eigenvalue weighted by Crippen LogP contribution is -2.22. The first-order chi connectivity index (χ1) is 8.17. The van der Waals surface area contributed by atoms with Crippen molar-refractivity contribution in [1.29, 1.82) is 0 Å². The molecule has 0 unspecified atom stereocenters. The molecule has 1 amide bonds. The number of hydrogen-bond donors (Lipinski definition) is 1. The van der Waals surface area contributed by atoms with E-state index in [0.717, 1.165) is 29.7 Å². The molecule has 1 aromatic carbocycles. The van der Waals surface area contributed by atoms with Crippen molar-refractivity contribution in [3.05, 3.63) is 29.3 Å². The van der Waals surface area contributed by atoms with E-state index in [1.54, 1.807) is 7.11 Å². The Morgan fingerprint density at radius 2 is 2.18 bits per heavy atom. The van der Waals surface area contributed by atoms with Gasteiger partial charge in [0.1, 0.15) is 5.75 Å². The quantitative estimate of drug-likeness (QED) is 0.823. The molecule has 0 bridgehead atoms. The van der Waals surface area contributed by atoms with Crippen LogP contribution in [0, 0.1) is 6.92 Å². The molecule has 0 aromatic heterocycles. The number of carbonyl (C=O) groups excluding carboxylic acids is 1. The highest BCUT2D eigenvalue weighted by atomic mass is 16.5. The minimum atomic E-state index is 0.125. The van der Waals surface area contributed by atoms with Crippen molar-refractivity contribution in [2.24, 2.45) is 0 Å². The summed E-state index contributed by atoms with van der Waals surface area (Å²) < 4.78 is 5.19. The fraction of sp³-hybridized carbons (Fsp3) is 0.500. The molecule has 1 aromatic rings. The van der Waals surface area contributed by atoms with Gasteiger partial charge in [0, 0.05) is 13.0 Å². The second-order valence-electron chi connectivity index (χ2n) is 4.18. The summed E-state index contributed by atoms with van der Waals surface area (Å²) in [6.45, 7) is 4.68. The third-order valence-electron chi connectivity index (χ3n) is 2.71. The van der Waals surface area contributed by atoms with Gasteiger partial charge in [-0.15, -0.1) is 0 Å². The van der Waals surface area contributed by atoms with Crippen molar-refractivity contribution in [2.45, 2.75) is 39.7 Å². The van der Waals surface area contributed by atoms with Gasteiger partial charge >= 0.3 is 0 Å². The number of hydrogen-bond acceptors (Lipinski definition) is 2. The van der Waals surface area contributed by atoms with Crippen LogP contribution in [0.1, 0.15) is 37.3 Å². The van der Waals surface area contributed by atoms with Crippen LogP contribution in [0.15, 0.2) is 18.2 Å². The summed E-state index contributed by atoms with van der Waals surface area (Å²) in [5.41, 5.74) is 2.20. The molecule has 3 nitrogen and oxygen atoms in total. The normalized spacial score (nSPS) is 10.1. The van der Waals surface area contributed by atoms with Gasteiger partial charge in [-0.1, -0.05) is 25.5 Å². The summed E-state index contributed by atoms with van der Waals surface area (Å²) in [5, 5.41) is 2.92. The SMILES string of the molecule is CCCCC(=O)NCc1ccc(OC)c(C)c1. The lowest BCUT2D eigenvalue weighted by Gasteiger charge is -2.08. The van der Waals surface area contributed by atoms with E-state index in [2.05, 4.69) is 12.2 Å². The number of methoxy groups -OCH3 is 1. The zero-order chi connectivity index (χ0) is 12.7. The molecule has 0 fully saturated rings. The molecule has 0 saturated heterocycles. The van der Waals surface area contributed by atoms with Gasteiger partial charge < -0.3 is 10.1 Å². The fourth-order valence-electron chi connectivity index (χ4n) is 1.68. The van der Waals surface area contributed by atoms with Crippen LogP contribution < -0.4 is 10.1 Å². The van der Waals surface area contributed by atoms with Crippen LogP contribution in [0.2, 0.25) is 0 Å². The van der Waals surface area contributed by atoms with E-state index < -0.39 is 0 Å². The molecular formula is C14H21NO2. The van der Waals surface area contributed by atoms with Crippen molar-refractivity contribution >= 4 is 5.91 Å². The Kier molecular flexibility index (Phi) is 5.53. The Labute approximate surface area is 103 Å².